The predicted molar refractivity (Wildman–Crippen MR) is 69.5 cm³/mol. The summed E-state index contributed by atoms with van der Waals surface area (Å²) in [5.41, 5.74) is 1.19. The molecular formula is C13H24OSi. The van der Waals surface area contributed by atoms with Crippen LogP contribution in [0.25, 0.3) is 0 Å². The van der Waals surface area contributed by atoms with Gasteiger partial charge < -0.3 is 4.43 Å². The lowest BCUT2D eigenvalue weighted by molar-refractivity contribution is 0.0921. The Morgan fingerprint density at radius 3 is 2.67 bits per heavy atom. The van der Waals surface area contributed by atoms with Crippen molar-refractivity contribution in [3.63, 3.8) is 0 Å². The van der Waals surface area contributed by atoms with E-state index in [-0.39, 0.29) is 5.60 Å². The third-order valence-electron chi connectivity index (χ3n) is 2.94. The third-order valence-corrected chi connectivity index (χ3v) is 5.13. The average Bonchev–Trinajstić information content (AvgIpc) is 1.99. The normalized spacial score (nSPS) is 30.1. The second-order valence-electron chi connectivity index (χ2n) is 5.76. The SMILES string of the molecule is C=CC1=CC[Si](C)(C)OC1(C)CC(C)C. The lowest BCUT2D eigenvalue weighted by Gasteiger charge is -2.43. The van der Waals surface area contributed by atoms with E-state index in [1.54, 1.807) is 0 Å². The molecule has 1 unspecified atom stereocenters. The maximum absolute atomic E-state index is 6.37. The fourth-order valence-electron chi connectivity index (χ4n) is 2.52. The van der Waals surface area contributed by atoms with Crippen molar-refractivity contribution in [1.82, 2.24) is 0 Å². The van der Waals surface area contributed by atoms with Gasteiger partial charge in [-0.05, 0) is 44.0 Å². The van der Waals surface area contributed by atoms with E-state index in [2.05, 4.69) is 46.5 Å². The van der Waals surface area contributed by atoms with Gasteiger partial charge in [-0.25, -0.2) is 0 Å². The minimum Gasteiger partial charge on any atom is -0.408 e. The van der Waals surface area contributed by atoms with Crippen molar-refractivity contribution in [2.75, 3.05) is 0 Å². The van der Waals surface area contributed by atoms with Gasteiger partial charge >= 0.3 is 0 Å². The molecule has 0 amide bonds. The van der Waals surface area contributed by atoms with Gasteiger partial charge in [-0.3, -0.25) is 0 Å². The molecule has 1 heterocycles. The number of hydrogen-bond donors (Lipinski definition) is 0. The van der Waals surface area contributed by atoms with E-state index in [1.807, 2.05) is 6.08 Å². The largest absolute Gasteiger partial charge is 0.408 e. The van der Waals surface area contributed by atoms with Gasteiger partial charge in [0.25, 0.3) is 0 Å². The van der Waals surface area contributed by atoms with E-state index >= 15 is 0 Å². The Labute approximate surface area is 95.4 Å². The van der Waals surface area contributed by atoms with E-state index in [1.165, 1.54) is 5.57 Å². The zero-order chi connectivity index (χ0) is 11.7. The molecule has 0 N–H and O–H groups in total. The van der Waals surface area contributed by atoms with Crippen LogP contribution in [-0.2, 0) is 4.43 Å². The fourth-order valence-corrected chi connectivity index (χ4v) is 4.74. The van der Waals surface area contributed by atoms with Crippen LogP contribution in [0.5, 0.6) is 0 Å². The summed E-state index contributed by atoms with van der Waals surface area (Å²) in [6.45, 7) is 15.2. The number of hydrogen-bond acceptors (Lipinski definition) is 1. The standard InChI is InChI=1S/C13H24OSi/c1-7-12-8-9-15(5,6)14-13(12,4)10-11(2)3/h7-8,11H,1,9-10H2,2-6H3. The Morgan fingerprint density at radius 2 is 2.20 bits per heavy atom. The van der Waals surface area contributed by atoms with Crippen molar-refractivity contribution in [2.24, 2.45) is 5.92 Å². The first-order valence-electron chi connectivity index (χ1n) is 5.82. The van der Waals surface area contributed by atoms with E-state index in [9.17, 15) is 0 Å². The van der Waals surface area contributed by atoms with E-state index in [0.717, 1.165) is 12.5 Å². The minimum atomic E-state index is -1.47. The second-order valence-corrected chi connectivity index (χ2v) is 9.89. The van der Waals surface area contributed by atoms with Crippen molar-refractivity contribution in [3.8, 4) is 0 Å². The molecular weight excluding hydrogens is 200 g/mol. The molecule has 15 heavy (non-hydrogen) atoms. The smallest absolute Gasteiger partial charge is 0.191 e. The first-order chi connectivity index (χ1) is 6.79. The molecule has 86 valence electrons. The third kappa shape index (κ3) is 3.05. The molecule has 0 fully saturated rings. The first kappa shape index (κ1) is 12.7. The second kappa shape index (κ2) is 4.26. The molecule has 1 aliphatic heterocycles. The average molecular weight is 224 g/mol. The molecule has 1 nitrogen and oxygen atoms in total. The van der Waals surface area contributed by atoms with Gasteiger partial charge in [0.05, 0.1) is 5.60 Å². The van der Waals surface area contributed by atoms with Crippen LogP contribution in [0.1, 0.15) is 27.2 Å². The molecule has 0 bridgehead atoms. The molecule has 0 aromatic rings. The van der Waals surface area contributed by atoms with Gasteiger partial charge in [-0.15, -0.1) is 0 Å². The molecule has 0 aliphatic carbocycles. The summed E-state index contributed by atoms with van der Waals surface area (Å²) in [7, 11) is -1.47. The lowest BCUT2D eigenvalue weighted by atomic mass is 9.87. The van der Waals surface area contributed by atoms with E-state index in [0.29, 0.717) is 5.92 Å². The number of allylic oxidation sites excluding steroid dienone is 1. The highest BCUT2D eigenvalue weighted by Crippen LogP contribution is 2.38. The fraction of sp³-hybridized carbons (Fsp3) is 0.692. The van der Waals surface area contributed by atoms with Crippen LogP contribution in [0.3, 0.4) is 0 Å². The molecule has 1 aliphatic rings. The van der Waals surface area contributed by atoms with E-state index in [4.69, 9.17) is 4.43 Å². The highest BCUT2D eigenvalue weighted by atomic mass is 28.4. The first-order valence-corrected chi connectivity index (χ1v) is 8.94. The molecule has 0 aromatic heterocycles. The van der Waals surface area contributed by atoms with Crippen LogP contribution >= 0.6 is 0 Å². The monoisotopic (exact) mass is 224 g/mol. The van der Waals surface area contributed by atoms with Gasteiger partial charge in [-0.1, -0.05) is 32.6 Å². The summed E-state index contributed by atoms with van der Waals surface area (Å²) in [5.74, 6) is 0.654. The Morgan fingerprint density at radius 1 is 1.60 bits per heavy atom. The summed E-state index contributed by atoms with van der Waals surface area (Å²) < 4.78 is 6.37. The van der Waals surface area contributed by atoms with E-state index < -0.39 is 8.32 Å². The molecule has 1 rings (SSSR count). The maximum Gasteiger partial charge on any atom is 0.191 e. The van der Waals surface area contributed by atoms with Crippen molar-refractivity contribution in [3.05, 3.63) is 24.3 Å². The van der Waals surface area contributed by atoms with Gasteiger partial charge in [0.2, 0.25) is 0 Å². The quantitative estimate of drug-likeness (QED) is 0.655. The molecule has 1 atom stereocenters. The Hall–Kier alpha value is -0.343. The number of rotatable bonds is 3. The molecule has 0 saturated carbocycles. The van der Waals surface area contributed by atoms with Crippen LogP contribution in [0.15, 0.2) is 24.3 Å². The van der Waals surface area contributed by atoms with Crippen molar-refractivity contribution in [1.29, 1.82) is 0 Å². The highest BCUT2D eigenvalue weighted by molar-refractivity contribution is 6.72. The molecule has 0 saturated heterocycles. The Balaban J connectivity index is 2.96. The van der Waals surface area contributed by atoms with Crippen LogP contribution in [-0.4, -0.2) is 13.9 Å². The van der Waals surface area contributed by atoms with Crippen LogP contribution in [0.2, 0.25) is 19.1 Å². The maximum atomic E-state index is 6.37. The molecule has 0 spiro atoms. The van der Waals surface area contributed by atoms with Gasteiger partial charge in [-0.2, -0.15) is 0 Å². The van der Waals surface area contributed by atoms with Crippen molar-refractivity contribution >= 4 is 8.32 Å². The Kier molecular flexibility index (Phi) is 3.62. The van der Waals surface area contributed by atoms with Crippen LogP contribution in [0, 0.1) is 5.92 Å². The summed E-state index contributed by atoms with van der Waals surface area (Å²) in [4.78, 5) is 0. The van der Waals surface area contributed by atoms with Crippen molar-refractivity contribution < 1.29 is 4.43 Å². The lowest BCUT2D eigenvalue weighted by Crippen LogP contribution is -2.47. The predicted octanol–water partition coefficient (Wildman–Crippen LogP) is 4.14. The zero-order valence-electron chi connectivity index (χ0n) is 10.8. The molecule has 2 heteroatoms. The topological polar surface area (TPSA) is 9.23 Å². The highest BCUT2D eigenvalue weighted by Gasteiger charge is 2.39. The molecule has 0 aromatic carbocycles. The van der Waals surface area contributed by atoms with Crippen LogP contribution in [0.4, 0.5) is 0 Å². The zero-order valence-corrected chi connectivity index (χ0v) is 11.8. The van der Waals surface area contributed by atoms with Gasteiger partial charge in [0.15, 0.2) is 8.32 Å². The summed E-state index contributed by atoms with van der Waals surface area (Å²) >= 11 is 0. The van der Waals surface area contributed by atoms with Crippen LogP contribution < -0.4 is 0 Å². The molecule has 0 radical (unpaired) electrons. The Bertz CT molecular complexity index is 278. The van der Waals surface area contributed by atoms with Gasteiger partial charge in [0, 0.05) is 0 Å². The summed E-state index contributed by atoms with van der Waals surface area (Å²) in [6.07, 6.45) is 5.39. The van der Waals surface area contributed by atoms with Crippen molar-refractivity contribution in [2.45, 2.75) is 51.9 Å². The summed E-state index contributed by atoms with van der Waals surface area (Å²) in [5, 5.41) is 0. The minimum absolute atomic E-state index is 0.0934. The summed E-state index contributed by atoms with van der Waals surface area (Å²) in [6, 6.07) is 1.11. The van der Waals surface area contributed by atoms with Gasteiger partial charge in [0.1, 0.15) is 0 Å².